The third-order valence-corrected chi connectivity index (χ3v) is 24.4. The van der Waals surface area contributed by atoms with E-state index < -0.39 is 312 Å². The lowest BCUT2D eigenvalue weighted by Gasteiger charge is -2.42. The molecule has 4 saturated heterocycles. The van der Waals surface area contributed by atoms with Crippen LogP contribution in [0.4, 0.5) is 0 Å². The molecule has 28 N–H and O–H groups in total. The Bertz CT molecular complexity index is 3680. The van der Waals surface area contributed by atoms with E-state index in [1.807, 2.05) is 16.7 Å². The number of hydrogen-bond acceptors (Lipinski definition) is 29. The molecule has 4 heterocycles. The highest BCUT2D eigenvalue weighted by molar-refractivity contribution is 9.09. The van der Waals surface area contributed by atoms with Crippen molar-refractivity contribution in [1.82, 2.24) is 68.7 Å². The molecule has 0 aromatic heterocycles. The van der Waals surface area contributed by atoms with Crippen LogP contribution in [0.2, 0.25) is 0 Å². The van der Waals surface area contributed by atoms with E-state index in [2.05, 4.69) is 69.1 Å². The second kappa shape index (κ2) is 47.4. The maximum atomic E-state index is 15.5. The molecule has 0 spiro atoms. The van der Waals surface area contributed by atoms with Crippen molar-refractivity contribution in [2.24, 2.45) is 35.1 Å². The van der Waals surface area contributed by atoms with Crippen LogP contribution < -0.4 is 85.3 Å². The summed E-state index contributed by atoms with van der Waals surface area (Å²) in [6, 6.07) is -24.4. The van der Waals surface area contributed by atoms with Crippen LogP contribution in [0.15, 0.2) is 23.8 Å². The molecule has 14 amide bonds. The Morgan fingerprint density at radius 3 is 1.75 bits per heavy atom. The number of carbonyl (C=O) groups excluding carboxylic acids is 15. The highest BCUT2D eigenvalue weighted by atomic mass is 79.9. The molecule has 121 heavy (non-hydrogen) atoms. The van der Waals surface area contributed by atoms with Crippen LogP contribution in [-0.4, -0.2) is 334 Å². The number of amides is 14. The number of β-amino-alcohol motifs (C(OH)–C–C–N with tert-alkyl or cyclic N) is 1. The number of ether oxygens (including phenoxy) is 1. The monoisotopic (exact) mass is 1780 g/mol. The van der Waals surface area contributed by atoms with E-state index in [-0.39, 0.29) is 28.0 Å². The van der Waals surface area contributed by atoms with Crippen molar-refractivity contribution in [1.29, 1.82) is 0 Å². The molecule has 3 unspecified atom stereocenters. The van der Waals surface area contributed by atoms with Gasteiger partial charge >= 0.3 is 0 Å². The zero-order chi connectivity index (χ0) is 89.4. The number of nitrogens with one attached hydrogen (secondary N) is 13. The first-order valence-corrected chi connectivity index (χ1v) is 42.0. The second-order valence-electron chi connectivity index (χ2n) is 32.8. The van der Waals surface area contributed by atoms with Crippen LogP contribution in [0.5, 0.6) is 0 Å². The number of carbonyl (C=O) groups is 15. The Labute approximate surface area is 705 Å². The summed E-state index contributed by atoms with van der Waals surface area (Å²) in [7, 11) is 0. The van der Waals surface area contributed by atoms with Gasteiger partial charge in [0.05, 0.1) is 82.1 Å². The van der Waals surface area contributed by atoms with Crippen molar-refractivity contribution in [2.75, 3.05) is 46.1 Å². The molecule has 0 aromatic rings. The number of nitrogens with zero attached hydrogens (tertiary/aromatic N) is 1. The third-order valence-electron chi connectivity index (χ3n) is 23.5. The molecule has 7 aliphatic rings. The first-order valence-electron chi connectivity index (χ1n) is 41.1. The number of alkyl halides is 1. The van der Waals surface area contributed by atoms with Crippen LogP contribution in [0.25, 0.3) is 0 Å². The van der Waals surface area contributed by atoms with Gasteiger partial charge in [-0.05, 0) is 88.9 Å². The number of halogens is 1. The number of aliphatic hydroxyl groups excluding tert-OH is 11. The first-order chi connectivity index (χ1) is 57.2. The molecule has 4 bridgehead atoms. The van der Waals surface area contributed by atoms with Crippen molar-refractivity contribution in [2.45, 2.75) is 288 Å². The Hall–Kier alpha value is -8.55. The predicted molar refractivity (Wildman–Crippen MR) is 420 cm³/mol. The molecule has 0 aromatic carbocycles. The summed E-state index contributed by atoms with van der Waals surface area (Å²) in [5.74, 6) is -23.0. The van der Waals surface area contributed by atoms with Gasteiger partial charge in [0.15, 0.2) is 12.2 Å². The summed E-state index contributed by atoms with van der Waals surface area (Å²) in [6.07, 6.45) is -11.1. The average Bonchev–Trinajstić information content (AvgIpc) is 1.63. The van der Waals surface area contributed by atoms with Crippen molar-refractivity contribution in [3.05, 3.63) is 23.8 Å². The molecular weight excluding hydrogens is 1660 g/mol. The number of carboxylic acids is 1. The van der Waals surface area contributed by atoms with E-state index >= 15 is 14.4 Å². The van der Waals surface area contributed by atoms with Gasteiger partial charge in [-0.3, -0.25) is 72.0 Å². The van der Waals surface area contributed by atoms with Gasteiger partial charge in [0, 0.05) is 24.2 Å². The second-order valence-corrected chi connectivity index (χ2v) is 34.1. The lowest BCUT2D eigenvalue weighted by molar-refractivity contribution is -0.970. The van der Waals surface area contributed by atoms with E-state index in [9.17, 15) is 119 Å². The van der Waals surface area contributed by atoms with Gasteiger partial charge in [0.1, 0.15) is 91.5 Å². The van der Waals surface area contributed by atoms with Gasteiger partial charge in [-0.2, -0.15) is 0 Å². The minimum absolute atomic E-state index is 0.0371. The Kier molecular flexibility index (Phi) is 39.0. The number of aliphatic carboxylic acids is 1. The number of aliphatic hydroxyl groups is 11. The molecule has 7 rings (SSSR count). The Morgan fingerprint density at radius 1 is 0.579 bits per heavy atom. The minimum Gasteiger partial charge on any atom is -0.548 e. The van der Waals surface area contributed by atoms with Gasteiger partial charge in [-0.1, -0.05) is 98.0 Å². The van der Waals surface area contributed by atoms with Crippen molar-refractivity contribution in [3.8, 4) is 0 Å². The maximum absolute atomic E-state index is 15.5. The number of nitrogens with two attached hydrogens (primary N) is 2. The number of primary amides is 2. The first kappa shape index (κ1) is 99.6. The molecule has 3 saturated carbocycles. The molecule has 25 atom stereocenters. The zero-order valence-electron chi connectivity index (χ0n) is 67.8. The van der Waals surface area contributed by atoms with Crippen LogP contribution in [0.3, 0.4) is 0 Å². The van der Waals surface area contributed by atoms with E-state index in [1.54, 1.807) is 13.0 Å². The highest BCUT2D eigenvalue weighted by Crippen LogP contribution is 2.35. The molecule has 680 valence electrons. The molecule has 0 radical (unpaired) electrons. The van der Waals surface area contributed by atoms with E-state index in [0.29, 0.717) is 56.9 Å². The van der Waals surface area contributed by atoms with Crippen molar-refractivity contribution < 1.29 is 143 Å². The Balaban J connectivity index is 1.42. The molecule has 4 aliphatic heterocycles. The lowest BCUT2D eigenvalue weighted by Crippen LogP contribution is -3.20. The fourth-order valence-corrected chi connectivity index (χ4v) is 17.0. The molecular formula is C76H121BrN16O28. The van der Waals surface area contributed by atoms with Crippen LogP contribution >= 0.6 is 15.9 Å². The van der Waals surface area contributed by atoms with Crippen LogP contribution in [0, 0.1) is 23.7 Å². The van der Waals surface area contributed by atoms with Gasteiger partial charge < -0.3 is 146 Å². The number of rotatable bonds is 18. The van der Waals surface area contributed by atoms with Crippen LogP contribution in [0.1, 0.15) is 149 Å². The van der Waals surface area contributed by atoms with E-state index in [1.165, 1.54) is 17.9 Å². The quantitative estimate of drug-likeness (QED) is 0.0448. The average molecular weight is 1790 g/mol. The molecule has 44 nitrogen and oxygen atoms in total. The predicted octanol–water partition coefficient (Wildman–Crippen LogP) is -13.1. The standard InChI is InChI=1S/C76H121BrN16O28/c1-34(14-15-37-10-6-4-7-11-37)20-51(99)43-26-56(103)82-49(30-94)69(113)87-48-29-92-28-41(93(33-92)75-63(107)62(106)60(104)53(32-96)121-75)22-45(66(110)90-58(36(3)97)73(117)88-50(31-95)70(114)84-44(65(109)83-43)21-38-12-8-5-9-13-38)81-55(102)24-42(98)23-47(76(119)120)86-71(115)52(100)27-80-72(116)57(35(2)39-16-18-40(77)19-17-39)89-74(118)59(61(105)64(79)108)91-67(111)46(25-54(78)101)85-68(48)112/h14-15,20,35-53,57-63,75,94-100,104-107H,4-13,16-19,21-33H2,1-3H3,(H2,78,101)(H2,79,108)(H,80,116)(H,81,102)(H,82,103)(H,83,109)(H,84,114)(H,85,112)(H,86,115)(H,87,113)(H,88,117)(H,89,118)(H,90,110)(H,91,111)(H,119,120)/t35-,36-,39?,40?,41?,42+,43-,44-,45-,46-,47-,48+,49-,50-,51-,52-,53+,57-,58-,59-,60-,61+,62-,63+,75+/m0/s1. The van der Waals surface area contributed by atoms with Gasteiger partial charge in [-0.25, -0.2) is 4.90 Å². The van der Waals surface area contributed by atoms with Gasteiger partial charge in [0.25, 0.3) is 5.91 Å². The summed E-state index contributed by atoms with van der Waals surface area (Å²) in [5.41, 5.74) is 11.7. The van der Waals surface area contributed by atoms with Crippen molar-refractivity contribution >= 4 is 105 Å². The zero-order valence-corrected chi connectivity index (χ0v) is 69.3. The van der Waals surface area contributed by atoms with E-state index in [0.717, 1.165) is 45.4 Å². The normalized spacial score (nSPS) is 35.2. The minimum atomic E-state index is -2.73. The number of quaternary nitrogens is 1. The summed E-state index contributed by atoms with van der Waals surface area (Å²) >= 11 is 3.55. The molecule has 3 aliphatic carbocycles. The number of carboxylic acid groups (broad SMARTS) is 1. The number of fused-ring (bicyclic) bond motifs is 2. The highest BCUT2D eigenvalue weighted by Gasteiger charge is 2.54. The van der Waals surface area contributed by atoms with Crippen molar-refractivity contribution in [3.63, 3.8) is 0 Å². The Morgan fingerprint density at radius 2 is 1.14 bits per heavy atom. The fourth-order valence-electron chi connectivity index (χ4n) is 16.5. The van der Waals surface area contributed by atoms with Crippen LogP contribution in [-0.2, 0) is 76.7 Å². The molecule has 45 heteroatoms. The largest absolute Gasteiger partial charge is 0.548 e. The number of allylic oxidation sites excluding steroid dienone is 3. The SMILES string of the molecule is CC(C=CC1CCCCC1)=C[C@H](O)[C@@H]1CC(=O)N[C@@H](CO)C(=O)N[C@@H]2CN3CC(C[C@H](NC(=O)C[C@H](O)C[C@@H](C(=O)[O-])NC(=O)[C@@H](O)CNC(=O)[C@H]([C@@H](C)C4CCC(Br)CC4)NC(=O)[C@H]([C@@H](O)C(N)=O)NC(=O)[C@H](CC(N)=O)NC2=O)C(=O)N[C@@H]([C@H](C)O)C(=O)N[C@@H](CO)C(=O)N[C@@H](CC2CCCCC2)C(=O)N1)[NH+]([C@@H]1O[C@H](CO)[C@H](O)[C@H](O)[C@H]1O)C3. The maximum Gasteiger partial charge on any atom is 0.251 e. The summed E-state index contributed by atoms with van der Waals surface area (Å²) in [4.78, 5) is 217. The van der Waals surface area contributed by atoms with Gasteiger partial charge in [0.2, 0.25) is 83.0 Å². The lowest BCUT2D eigenvalue weighted by atomic mass is 9.77. The topological polar surface area (TPSA) is 715 Å². The number of hydrogen-bond donors (Lipinski definition) is 26. The summed E-state index contributed by atoms with van der Waals surface area (Å²) in [5, 5.41) is 164. The molecule has 7 fully saturated rings. The van der Waals surface area contributed by atoms with Gasteiger partial charge in [-0.15, -0.1) is 0 Å². The smallest absolute Gasteiger partial charge is 0.251 e. The summed E-state index contributed by atoms with van der Waals surface area (Å²) < 4.78 is 6.02. The fraction of sp³-hybridized carbons (Fsp3) is 0.750. The summed E-state index contributed by atoms with van der Waals surface area (Å²) in [6.45, 7) is -2.65. The third kappa shape index (κ3) is 29.3. The van der Waals surface area contributed by atoms with E-state index in [4.69, 9.17) is 16.2 Å².